The second-order valence-corrected chi connectivity index (χ2v) is 7.07. The van der Waals surface area contributed by atoms with E-state index in [1.54, 1.807) is 22.8 Å². The number of hydrogen-bond donors (Lipinski definition) is 0. The molecular weight excluding hydrogens is 374 g/mol. The molecule has 0 aliphatic rings. The first-order chi connectivity index (χ1) is 13.6. The standard InChI is InChI=1S/C21H13N3O3S/c1-2-11-23-18-10-9-17(24(26)27)13-19(18)28-21(23)22-20(25)16-8-7-14-5-3-4-6-15(14)12-16/h1,3-10,12-13H,11H2. The Labute approximate surface area is 163 Å². The minimum atomic E-state index is -0.457. The highest BCUT2D eigenvalue weighted by molar-refractivity contribution is 7.16. The molecule has 0 fully saturated rings. The zero-order valence-electron chi connectivity index (χ0n) is 14.5. The van der Waals surface area contributed by atoms with Crippen LogP contribution in [-0.4, -0.2) is 15.4 Å². The fourth-order valence-corrected chi connectivity index (χ4v) is 4.04. The van der Waals surface area contributed by atoms with Crippen LogP contribution in [0.2, 0.25) is 0 Å². The van der Waals surface area contributed by atoms with E-state index in [0.29, 0.717) is 20.6 Å². The molecule has 28 heavy (non-hydrogen) atoms. The van der Waals surface area contributed by atoms with E-state index in [1.165, 1.54) is 23.5 Å². The fourth-order valence-electron chi connectivity index (χ4n) is 2.98. The van der Waals surface area contributed by atoms with Crippen molar-refractivity contribution in [1.82, 2.24) is 4.57 Å². The van der Waals surface area contributed by atoms with Crippen LogP contribution in [0.15, 0.2) is 65.7 Å². The van der Waals surface area contributed by atoms with Crippen molar-refractivity contribution in [3.05, 3.63) is 81.1 Å². The van der Waals surface area contributed by atoms with Gasteiger partial charge in [-0.2, -0.15) is 4.99 Å². The van der Waals surface area contributed by atoms with Gasteiger partial charge in [-0.05, 0) is 29.0 Å². The van der Waals surface area contributed by atoms with Crippen molar-refractivity contribution >= 4 is 43.9 Å². The van der Waals surface area contributed by atoms with Crippen LogP contribution in [-0.2, 0) is 6.54 Å². The molecular formula is C21H13N3O3S. The van der Waals surface area contributed by atoms with Gasteiger partial charge in [0.15, 0.2) is 4.80 Å². The maximum atomic E-state index is 12.7. The van der Waals surface area contributed by atoms with Crippen molar-refractivity contribution in [2.45, 2.75) is 6.54 Å². The number of benzene rings is 3. The number of aromatic nitrogens is 1. The lowest BCUT2D eigenvalue weighted by atomic mass is 10.1. The summed E-state index contributed by atoms with van der Waals surface area (Å²) >= 11 is 1.20. The van der Waals surface area contributed by atoms with E-state index in [2.05, 4.69) is 10.9 Å². The third-order valence-electron chi connectivity index (χ3n) is 4.32. The van der Waals surface area contributed by atoms with Gasteiger partial charge in [0.25, 0.3) is 11.6 Å². The number of carbonyl (C=O) groups is 1. The van der Waals surface area contributed by atoms with Crippen LogP contribution in [0, 0.1) is 22.5 Å². The summed E-state index contributed by atoms with van der Waals surface area (Å²) in [5.74, 6) is 2.15. The van der Waals surface area contributed by atoms with Crippen molar-refractivity contribution in [3.63, 3.8) is 0 Å². The van der Waals surface area contributed by atoms with E-state index < -0.39 is 10.8 Å². The Morgan fingerprint density at radius 3 is 2.68 bits per heavy atom. The number of nitrogens with zero attached hydrogens (tertiary/aromatic N) is 3. The first-order valence-corrected chi connectivity index (χ1v) is 9.17. The molecule has 1 aromatic heterocycles. The van der Waals surface area contributed by atoms with Gasteiger partial charge in [0, 0.05) is 17.7 Å². The average Bonchev–Trinajstić information content (AvgIpc) is 3.04. The second kappa shape index (κ2) is 7.10. The van der Waals surface area contributed by atoms with E-state index in [0.717, 1.165) is 10.8 Å². The zero-order valence-corrected chi connectivity index (χ0v) is 15.3. The maximum absolute atomic E-state index is 12.7. The Balaban J connectivity index is 1.84. The first kappa shape index (κ1) is 17.6. The highest BCUT2D eigenvalue weighted by Gasteiger charge is 2.13. The Hall–Kier alpha value is -3.76. The molecule has 1 heterocycles. The molecule has 0 saturated carbocycles. The van der Waals surface area contributed by atoms with E-state index in [-0.39, 0.29) is 12.2 Å². The number of thiazole rings is 1. The summed E-state index contributed by atoms with van der Waals surface area (Å²) in [5.41, 5.74) is 1.15. The summed E-state index contributed by atoms with van der Waals surface area (Å²) in [6.45, 7) is 0.210. The van der Waals surface area contributed by atoms with Crippen molar-refractivity contribution in [2.75, 3.05) is 0 Å². The monoisotopic (exact) mass is 387 g/mol. The number of terminal acetylenes is 1. The van der Waals surface area contributed by atoms with E-state index in [4.69, 9.17) is 6.42 Å². The Bertz CT molecular complexity index is 1360. The molecule has 0 saturated heterocycles. The number of nitro benzene ring substituents is 1. The van der Waals surface area contributed by atoms with Gasteiger partial charge in [0.2, 0.25) is 0 Å². The molecule has 3 aromatic carbocycles. The van der Waals surface area contributed by atoms with Crippen molar-refractivity contribution in [2.24, 2.45) is 4.99 Å². The highest BCUT2D eigenvalue weighted by Crippen LogP contribution is 2.23. The number of carbonyl (C=O) groups excluding carboxylic acids is 1. The van der Waals surface area contributed by atoms with Crippen molar-refractivity contribution in [1.29, 1.82) is 0 Å². The average molecular weight is 387 g/mol. The van der Waals surface area contributed by atoms with Crippen molar-refractivity contribution < 1.29 is 9.72 Å². The number of hydrogen-bond acceptors (Lipinski definition) is 4. The minimum absolute atomic E-state index is 0.0194. The molecule has 4 rings (SSSR count). The van der Waals surface area contributed by atoms with Crippen LogP contribution in [0.4, 0.5) is 5.69 Å². The summed E-state index contributed by atoms with van der Waals surface area (Å²) in [6.07, 6.45) is 5.46. The first-order valence-electron chi connectivity index (χ1n) is 8.36. The van der Waals surface area contributed by atoms with E-state index in [1.807, 2.05) is 30.3 Å². The third kappa shape index (κ3) is 3.17. The van der Waals surface area contributed by atoms with Gasteiger partial charge in [0.1, 0.15) is 0 Å². The molecule has 0 aliphatic heterocycles. The molecule has 6 nitrogen and oxygen atoms in total. The predicted molar refractivity (Wildman–Crippen MR) is 109 cm³/mol. The molecule has 0 bridgehead atoms. The normalized spacial score (nSPS) is 11.6. The quantitative estimate of drug-likeness (QED) is 0.301. The van der Waals surface area contributed by atoms with Gasteiger partial charge < -0.3 is 4.57 Å². The molecule has 0 atom stereocenters. The largest absolute Gasteiger partial charge is 0.305 e. The molecule has 0 unspecified atom stereocenters. The zero-order chi connectivity index (χ0) is 19.7. The number of nitro groups is 1. The minimum Gasteiger partial charge on any atom is -0.305 e. The van der Waals surface area contributed by atoms with Gasteiger partial charge in [-0.15, -0.1) is 6.42 Å². The fraction of sp³-hybridized carbons (Fsp3) is 0.0476. The predicted octanol–water partition coefficient (Wildman–Crippen LogP) is 4.14. The molecule has 4 aromatic rings. The SMILES string of the molecule is C#CCn1c(=NC(=O)c2ccc3ccccc3c2)sc2cc([N+](=O)[O-])ccc21. The lowest BCUT2D eigenvalue weighted by molar-refractivity contribution is -0.384. The summed E-state index contributed by atoms with van der Waals surface area (Å²) in [6, 6.07) is 17.7. The summed E-state index contributed by atoms with van der Waals surface area (Å²) in [5, 5.41) is 13.0. The van der Waals surface area contributed by atoms with Crippen LogP contribution in [0.25, 0.3) is 21.0 Å². The number of fused-ring (bicyclic) bond motifs is 2. The smallest absolute Gasteiger partial charge is 0.279 e. The summed E-state index contributed by atoms with van der Waals surface area (Å²) in [7, 11) is 0. The lowest BCUT2D eigenvalue weighted by Crippen LogP contribution is -2.16. The molecule has 1 amide bonds. The van der Waals surface area contributed by atoms with Crippen LogP contribution < -0.4 is 4.80 Å². The summed E-state index contributed by atoms with van der Waals surface area (Å²) < 4.78 is 2.36. The second-order valence-electron chi connectivity index (χ2n) is 6.06. The van der Waals surface area contributed by atoms with E-state index >= 15 is 0 Å². The number of rotatable bonds is 3. The van der Waals surface area contributed by atoms with Crippen LogP contribution >= 0.6 is 11.3 Å². The number of amides is 1. The topological polar surface area (TPSA) is 77.5 Å². The Morgan fingerprint density at radius 1 is 1.14 bits per heavy atom. The molecule has 0 aliphatic carbocycles. The maximum Gasteiger partial charge on any atom is 0.279 e. The van der Waals surface area contributed by atoms with Gasteiger partial charge in [-0.3, -0.25) is 14.9 Å². The van der Waals surface area contributed by atoms with Crippen LogP contribution in [0.5, 0.6) is 0 Å². The Kier molecular flexibility index (Phi) is 4.47. The molecule has 7 heteroatoms. The molecule has 0 N–H and O–H groups in total. The van der Waals surface area contributed by atoms with Gasteiger partial charge in [0.05, 0.1) is 21.7 Å². The number of non-ortho nitro benzene ring substituents is 1. The van der Waals surface area contributed by atoms with Gasteiger partial charge >= 0.3 is 0 Å². The van der Waals surface area contributed by atoms with Crippen molar-refractivity contribution in [3.8, 4) is 12.3 Å². The Morgan fingerprint density at radius 2 is 1.93 bits per heavy atom. The molecule has 0 spiro atoms. The lowest BCUT2D eigenvalue weighted by Gasteiger charge is -2.01. The van der Waals surface area contributed by atoms with Gasteiger partial charge in [-0.25, -0.2) is 0 Å². The molecule has 136 valence electrons. The van der Waals surface area contributed by atoms with Crippen LogP contribution in [0.3, 0.4) is 0 Å². The van der Waals surface area contributed by atoms with E-state index in [9.17, 15) is 14.9 Å². The summed E-state index contributed by atoms with van der Waals surface area (Å²) in [4.78, 5) is 28.0. The highest BCUT2D eigenvalue weighted by atomic mass is 32.1. The third-order valence-corrected chi connectivity index (χ3v) is 5.36. The molecule has 0 radical (unpaired) electrons. The van der Waals surface area contributed by atoms with Crippen LogP contribution in [0.1, 0.15) is 10.4 Å². The van der Waals surface area contributed by atoms with Gasteiger partial charge in [-0.1, -0.05) is 47.6 Å².